The van der Waals surface area contributed by atoms with Crippen LogP contribution in [0.2, 0.25) is 0 Å². The van der Waals surface area contributed by atoms with E-state index in [0.717, 1.165) is 17.9 Å². The van der Waals surface area contributed by atoms with E-state index in [1.54, 1.807) is 18.2 Å². The minimum absolute atomic E-state index is 0.0648. The lowest BCUT2D eigenvalue weighted by molar-refractivity contribution is -0.136. The van der Waals surface area contributed by atoms with Gasteiger partial charge in [-0.05, 0) is 25.0 Å². The third kappa shape index (κ3) is 27.9. The number of fused-ring (bicyclic) bond motifs is 1. The van der Waals surface area contributed by atoms with Crippen LogP contribution < -0.4 is 10.6 Å². The Bertz CT molecular complexity index is 1460. The Hall–Kier alpha value is -3.18. The van der Waals surface area contributed by atoms with Crippen LogP contribution in [0.25, 0.3) is 0 Å². The van der Waals surface area contributed by atoms with Crippen molar-refractivity contribution in [3.63, 3.8) is 0 Å². The molecule has 19 nitrogen and oxygen atoms in total. The number of piperidine rings is 1. The number of carbonyl (C=O) groups is 4. The molecule has 390 valence electrons. The highest BCUT2D eigenvalue weighted by Crippen LogP contribution is 2.32. The second-order valence-corrected chi connectivity index (χ2v) is 16.1. The highest BCUT2D eigenvalue weighted by Gasteiger charge is 2.45. The Balaban J connectivity index is 0.934. The van der Waals surface area contributed by atoms with Crippen molar-refractivity contribution in [1.29, 1.82) is 0 Å². The van der Waals surface area contributed by atoms with E-state index in [-0.39, 0.29) is 24.0 Å². The summed E-state index contributed by atoms with van der Waals surface area (Å²) in [6.45, 7) is 14.5. The zero-order chi connectivity index (χ0) is 48.4. The van der Waals surface area contributed by atoms with Crippen LogP contribution in [-0.2, 0) is 66.4 Å². The molecule has 1 aromatic carbocycles. The molecule has 1 saturated heterocycles. The Morgan fingerprint density at radius 3 is 1.24 bits per heavy atom. The summed E-state index contributed by atoms with van der Waals surface area (Å²) in [5, 5.41) is 5.34. The topological polar surface area (TPSA) is 206 Å². The van der Waals surface area contributed by atoms with Crippen molar-refractivity contribution in [3.8, 4) is 0 Å². The number of nitrogens with one attached hydrogen (secondary N) is 2. The van der Waals surface area contributed by atoms with E-state index in [9.17, 15) is 19.2 Å². The standard InChI is InChI=1S/C49H83N3O16/c1-2-3-4-5-6-7-8-9-10-11-18-57-20-22-59-24-26-61-28-30-63-32-34-65-36-38-67-40-41-68-39-37-66-35-33-64-31-29-62-27-25-60-23-21-58-19-17-50-43-14-12-13-42-46(43)49(56)52(48(42)55)44-15-16-45(53)51-47(44)54/h12-14,44,50H,2-11,15-41H2,1H3,(H,51,53,54). The average molecular weight is 970 g/mol. The number of carbonyl (C=O) groups excluding carboxylic acids is 4. The number of hydrogen-bond acceptors (Lipinski definition) is 17. The summed E-state index contributed by atoms with van der Waals surface area (Å²) in [4.78, 5) is 51.0. The predicted octanol–water partition coefficient (Wildman–Crippen LogP) is 4.62. The maximum atomic E-state index is 13.2. The predicted molar refractivity (Wildman–Crippen MR) is 253 cm³/mol. The van der Waals surface area contributed by atoms with E-state index in [1.165, 1.54) is 57.8 Å². The zero-order valence-corrected chi connectivity index (χ0v) is 41.0. The molecule has 1 atom stereocenters. The first-order valence-electron chi connectivity index (χ1n) is 25.1. The van der Waals surface area contributed by atoms with Gasteiger partial charge in [0, 0.05) is 25.3 Å². The van der Waals surface area contributed by atoms with Crippen LogP contribution in [0.1, 0.15) is 105 Å². The normalized spacial score (nSPS) is 14.9. The molecule has 2 aliphatic heterocycles. The summed E-state index contributed by atoms with van der Waals surface area (Å²) in [6.07, 6.45) is 13.5. The molecule has 0 aliphatic carbocycles. The summed E-state index contributed by atoms with van der Waals surface area (Å²) in [6, 6.07) is 3.91. The molecule has 19 heteroatoms. The molecule has 2 heterocycles. The average Bonchev–Trinajstić information content (AvgIpc) is 3.59. The van der Waals surface area contributed by atoms with Gasteiger partial charge < -0.3 is 62.2 Å². The van der Waals surface area contributed by atoms with Crippen molar-refractivity contribution in [1.82, 2.24) is 10.2 Å². The molecule has 3 rings (SSSR count). The van der Waals surface area contributed by atoms with Gasteiger partial charge in [0.1, 0.15) is 6.04 Å². The number of amides is 4. The summed E-state index contributed by atoms with van der Waals surface area (Å²) in [5.41, 5.74) is 0.907. The number of hydrogen-bond donors (Lipinski definition) is 2. The zero-order valence-electron chi connectivity index (χ0n) is 41.0. The highest BCUT2D eigenvalue weighted by atomic mass is 16.6. The number of rotatable bonds is 49. The largest absolute Gasteiger partial charge is 0.382 e. The van der Waals surface area contributed by atoms with Crippen LogP contribution in [0, 0.1) is 0 Å². The van der Waals surface area contributed by atoms with E-state index < -0.39 is 29.7 Å². The number of benzene rings is 1. The number of anilines is 1. The van der Waals surface area contributed by atoms with Crippen LogP contribution in [0.5, 0.6) is 0 Å². The number of imide groups is 2. The Morgan fingerprint density at radius 1 is 0.471 bits per heavy atom. The lowest BCUT2D eigenvalue weighted by Crippen LogP contribution is -2.54. The number of unbranched alkanes of at least 4 members (excludes halogenated alkanes) is 9. The van der Waals surface area contributed by atoms with E-state index in [0.29, 0.717) is 164 Å². The fourth-order valence-corrected chi connectivity index (χ4v) is 7.13. The molecule has 4 amide bonds. The van der Waals surface area contributed by atoms with E-state index in [2.05, 4.69) is 17.6 Å². The van der Waals surface area contributed by atoms with Crippen LogP contribution in [-0.4, -0.2) is 200 Å². The lowest BCUT2D eigenvalue weighted by atomic mass is 10.0. The fourth-order valence-electron chi connectivity index (χ4n) is 7.13. The van der Waals surface area contributed by atoms with Crippen molar-refractivity contribution >= 4 is 29.3 Å². The smallest absolute Gasteiger partial charge is 0.264 e. The van der Waals surface area contributed by atoms with Crippen molar-refractivity contribution < 1.29 is 76.0 Å². The molecular weight excluding hydrogens is 887 g/mol. The fraction of sp³-hybridized carbons (Fsp3) is 0.796. The first kappa shape index (κ1) is 59.1. The first-order chi connectivity index (χ1) is 33.5. The molecule has 1 aromatic rings. The van der Waals surface area contributed by atoms with Gasteiger partial charge >= 0.3 is 0 Å². The molecule has 0 saturated carbocycles. The van der Waals surface area contributed by atoms with Crippen molar-refractivity contribution in [2.24, 2.45) is 0 Å². The molecule has 1 fully saturated rings. The van der Waals surface area contributed by atoms with Gasteiger partial charge in [-0.15, -0.1) is 0 Å². The maximum Gasteiger partial charge on any atom is 0.264 e. The van der Waals surface area contributed by atoms with Gasteiger partial charge in [0.2, 0.25) is 11.8 Å². The van der Waals surface area contributed by atoms with Gasteiger partial charge in [-0.2, -0.15) is 0 Å². The number of ether oxygens (including phenoxy) is 12. The molecule has 2 N–H and O–H groups in total. The van der Waals surface area contributed by atoms with Crippen LogP contribution in [0.4, 0.5) is 5.69 Å². The third-order valence-corrected chi connectivity index (χ3v) is 10.8. The molecule has 2 aliphatic rings. The Kier molecular flexibility index (Phi) is 36.2. The maximum absolute atomic E-state index is 13.2. The van der Waals surface area contributed by atoms with E-state index >= 15 is 0 Å². The molecule has 0 bridgehead atoms. The number of nitrogens with zero attached hydrogens (tertiary/aromatic N) is 1. The summed E-state index contributed by atoms with van der Waals surface area (Å²) >= 11 is 0. The third-order valence-electron chi connectivity index (χ3n) is 10.8. The molecule has 0 spiro atoms. The van der Waals surface area contributed by atoms with Crippen molar-refractivity contribution in [2.45, 2.75) is 90.0 Å². The summed E-state index contributed by atoms with van der Waals surface area (Å²) in [5.74, 6) is -2.17. The quantitative estimate of drug-likeness (QED) is 0.0675. The lowest BCUT2D eigenvalue weighted by Gasteiger charge is -2.27. The van der Waals surface area contributed by atoms with Gasteiger partial charge in [-0.25, -0.2) is 0 Å². The van der Waals surface area contributed by atoms with E-state index in [1.807, 2.05) is 0 Å². The molecule has 0 radical (unpaired) electrons. The molecular formula is C49H83N3O16. The Morgan fingerprint density at radius 2 is 0.838 bits per heavy atom. The summed E-state index contributed by atoms with van der Waals surface area (Å²) in [7, 11) is 0. The van der Waals surface area contributed by atoms with Crippen LogP contribution >= 0.6 is 0 Å². The molecule has 68 heavy (non-hydrogen) atoms. The van der Waals surface area contributed by atoms with Gasteiger partial charge in [-0.1, -0.05) is 70.8 Å². The minimum Gasteiger partial charge on any atom is -0.382 e. The second-order valence-electron chi connectivity index (χ2n) is 16.1. The van der Waals surface area contributed by atoms with Gasteiger partial charge in [0.15, 0.2) is 0 Å². The van der Waals surface area contributed by atoms with Crippen molar-refractivity contribution in [3.05, 3.63) is 29.3 Å². The Labute approximate surface area is 404 Å². The van der Waals surface area contributed by atoms with Crippen LogP contribution in [0.3, 0.4) is 0 Å². The van der Waals surface area contributed by atoms with Gasteiger partial charge in [0.05, 0.1) is 163 Å². The van der Waals surface area contributed by atoms with Gasteiger partial charge in [-0.3, -0.25) is 29.4 Å². The summed E-state index contributed by atoms with van der Waals surface area (Å²) < 4.78 is 66.6. The SMILES string of the molecule is CCCCCCCCCCCCOCCOCCOCCOCCOCCOCCOCCOCCOCCOCCOCCOCCNc1cccc2c1C(=O)N(C1CCC(=O)NC1=O)C2=O. The van der Waals surface area contributed by atoms with Crippen LogP contribution in [0.15, 0.2) is 18.2 Å². The minimum atomic E-state index is -1.01. The van der Waals surface area contributed by atoms with Crippen molar-refractivity contribution in [2.75, 3.05) is 170 Å². The first-order valence-corrected chi connectivity index (χ1v) is 25.1. The molecule has 1 unspecified atom stereocenters. The highest BCUT2D eigenvalue weighted by molar-refractivity contribution is 6.25. The monoisotopic (exact) mass is 970 g/mol. The second kappa shape index (κ2) is 41.6. The molecule has 0 aromatic heterocycles. The van der Waals surface area contributed by atoms with Gasteiger partial charge in [0.25, 0.3) is 11.8 Å². The van der Waals surface area contributed by atoms with E-state index in [4.69, 9.17) is 56.8 Å².